The largest absolute Gasteiger partial charge is 0.505 e. The van der Waals surface area contributed by atoms with Gasteiger partial charge in [0.25, 0.3) is 0 Å². The summed E-state index contributed by atoms with van der Waals surface area (Å²) in [5.74, 6) is -0.899. The van der Waals surface area contributed by atoms with Crippen LogP contribution in [0.2, 0.25) is 5.02 Å². The number of hydrogen-bond acceptors (Lipinski definition) is 5. The molecule has 0 atom stereocenters. The van der Waals surface area contributed by atoms with Gasteiger partial charge >= 0.3 is 0 Å². The van der Waals surface area contributed by atoms with Gasteiger partial charge in [-0.05, 0) is 35.9 Å². The second-order valence-electron chi connectivity index (χ2n) is 5.67. The summed E-state index contributed by atoms with van der Waals surface area (Å²) in [4.78, 5) is 12.6. The molecule has 0 bridgehead atoms. The predicted molar refractivity (Wildman–Crippen MR) is 99.3 cm³/mol. The number of pyridine rings is 1. The minimum absolute atomic E-state index is 0.156. The Balaban J connectivity index is 1.95. The minimum atomic E-state index is -0.785. The topological polar surface area (TPSA) is 84.9 Å². The Hall–Kier alpha value is -3.25. The van der Waals surface area contributed by atoms with Gasteiger partial charge in [-0.2, -0.15) is 0 Å². The Bertz CT molecular complexity index is 1150. The van der Waals surface area contributed by atoms with Gasteiger partial charge in [0.2, 0.25) is 0 Å². The van der Waals surface area contributed by atoms with Gasteiger partial charge in [-0.3, -0.25) is 4.98 Å². The van der Waals surface area contributed by atoms with Crippen LogP contribution in [0.1, 0.15) is 0 Å². The fourth-order valence-corrected chi connectivity index (χ4v) is 3.06. The van der Waals surface area contributed by atoms with E-state index in [4.69, 9.17) is 17.3 Å². The highest BCUT2D eigenvalue weighted by Gasteiger charge is 2.15. The van der Waals surface area contributed by atoms with Gasteiger partial charge in [0.15, 0.2) is 11.6 Å². The lowest BCUT2D eigenvalue weighted by atomic mass is 9.98. The number of hydrogen-bond donors (Lipinski definition) is 2. The van der Waals surface area contributed by atoms with Crippen molar-refractivity contribution in [2.75, 3.05) is 5.73 Å². The van der Waals surface area contributed by atoms with Gasteiger partial charge in [0.05, 0.1) is 16.2 Å². The zero-order chi connectivity index (χ0) is 18.3. The SMILES string of the molecule is Nc1ncnc2ccc(-c3cccnc3-c3cc(O)c(F)cc3Cl)cc12. The molecular formula is C19H12ClFN4O. The van der Waals surface area contributed by atoms with Crippen LogP contribution < -0.4 is 5.73 Å². The van der Waals surface area contributed by atoms with Gasteiger partial charge < -0.3 is 10.8 Å². The number of anilines is 1. The first-order valence-corrected chi connectivity index (χ1v) is 8.06. The smallest absolute Gasteiger partial charge is 0.166 e. The third-order valence-electron chi connectivity index (χ3n) is 4.08. The average Bonchev–Trinajstić information content (AvgIpc) is 2.65. The second-order valence-corrected chi connectivity index (χ2v) is 6.08. The maximum Gasteiger partial charge on any atom is 0.166 e. The molecule has 26 heavy (non-hydrogen) atoms. The molecule has 0 radical (unpaired) electrons. The van der Waals surface area contributed by atoms with E-state index in [0.29, 0.717) is 22.5 Å². The van der Waals surface area contributed by atoms with E-state index in [1.165, 1.54) is 12.4 Å². The molecule has 0 aliphatic heterocycles. The second kappa shape index (κ2) is 6.24. The molecule has 0 fully saturated rings. The lowest BCUT2D eigenvalue weighted by Gasteiger charge is -2.12. The first kappa shape index (κ1) is 16.2. The van der Waals surface area contributed by atoms with Crippen LogP contribution in [0.15, 0.2) is 55.0 Å². The van der Waals surface area contributed by atoms with Crippen molar-refractivity contribution in [3.05, 3.63) is 65.8 Å². The first-order valence-electron chi connectivity index (χ1n) is 7.68. The number of fused-ring (bicyclic) bond motifs is 1. The highest BCUT2D eigenvalue weighted by Crippen LogP contribution is 2.38. The van der Waals surface area contributed by atoms with Crippen LogP contribution in [0.3, 0.4) is 0 Å². The van der Waals surface area contributed by atoms with Crippen molar-refractivity contribution in [2.45, 2.75) is 0 Å². The Morgan fingerprint density at radius 1 is 1.00 bits per heavy atom. The summed E-state index contributed by atoms with van der Waals surface area (Å²) in [6.45, 7) is 0. The predicted octanol–water partition coefficient (Wildman–Crippen LogP) is 4.44. The van der Waals surface area contributed by atoms with Gasteiger partial charge in [0.1, 0.15) is 12.1 Å². The van der Waals surface area contributed by atoms with Crippen molar-refractivity contribution in [3.8, 4) is 28.1 Å². The van der Waals surface area contributed by atoms with Gasteiger partial charge in [0, 0.05) is 22.7 Å². The number of aromatic hydroxyl groups is 1. The van der Waals surface area contributed by atoms with Crippen molar-refractivity contribution in [3.63, 3.8) is 0 Å². The molecule has 0 spiro atoms. The molecule has 0 unspecified atom stereocenters. The van der Waals surface area contributed by atoms with Crippen LogP contribution in [0.25, 0.3) is 33.3 Å². The lowest BCUT2D eigenvalue weighted by Crippen LogP contribution is -1.94. The van der Waals surface area contributed by atoms with Crippen molar-refractivity contribution in [2.24, 2.45) is 0 Å². The van der Waals surface area contributed by atoms with Crippen LogP contribution >= 0.6 is 11.6 Å². The Morgan fingerprint density at radius 2 is 1.85 bits per heavy atom. The number of benzene rings is 2. The van der Waals surface area contributed by atoms with Gasteiger partial charge in [-0.25, -0.2) is 14.4 Å². The molecule has 3 N–H and O–H groups in total. The zero-order valence-corrected chi connectivity index (χ0v) is 14.1. The fourth-order valence-electron chi connectivity index (χ4n) is 2.82. The maximum absolute atomic E-state index is 13.5. The molecule has 2 aromatic carbocycles. The highest BCUT2D eigenvalue weighted by molar-refractivity contribution is 6.33. The van der Waals surface area contributed by atoms with Crippen LogP contribution in [-0.4, -0.2) is 20.1 Å². The summed E-state index contributed by atoms with van der Waals surface area (Å²) in [6.07, 6.45) is 3.02. The molecule has 4 aromatic rings. The molecule has 0 saturated carbocycles. The van der Waals surface area contributed by atoms with E-state index in [-0.39, 0.29) is 5.02 Å². The third-order valence-corrected chi connectivity index (χ3v) is 4.39. The number of rotatable bonds is 2. The van der Waals surface area contributed by atoms with E-state index in [1.807, 2.05) is 24.3 Å². The molecule has 128 valence electrons. The highest BCUT2D eigenvalue weighted by atomic mass is 35.5. The molecule has 0 amide bonds. The average molecular weight is 367 g/mol. The quantitative estimate of drug-likeness (QED) is 0.548. The van der Waals surface area contributed by atoms with Crippen molar-refractivity contribution >= 4 is 28.3 Å². The number of halogens is 2. The monoisotopic (exact) mass is 366 g/mol. The van der Waals surface area contributed by atoms with E-state index >= 15 is 0 Å². The Labute approximate surface area is 152 Å². The summed E-state index contributed by atoms with van der Waals surface area (Å²) in [5, 5.41) is 10.6. The summed E-state index contributed by atoms with van der Waals surface area (Å²) in [7, 11) is 0. The Kier molecular flexibility index (Phi) is 3.89. The van der Waals surface area contributed by atoms with E-state index in [2.05, 4.69) is 15.0 Å². The van der Waals surface area contributed by atoms with Crippen molar-refractivity contribution in [1.29, 1.82) is 0 Å². The molecule has 7 heteroatoms. The molecule has 0 saturated heterocycles. The minimum Gasteiger partial charge on any atom is -0.505 e. The Morgan fingerprint density at radius 3 is 2.69 bits per heavy atom. The van der Waals surface area contributed by atoms with E-state index < -0.39 is 11.6 Å². The molecule has 5 nitrogen and oxygen atoms in total. The molecule has 2 heterocycles. The molecule has 2 aromatic heterocycles. The maximum atomic E-state index is 13.5. The van der Waals surface area contributed by atoms with Crippen LogP contribution in [0, 0.1) is 5.82 Å². The number of nitrogens with two attached hydrogens (primary N) is 1. The normalized spacial score (nSPS) is 11.0. The summed E-state index contributed by atoms with van der Waals surface area (Å²) < 4.78 is 13.5. The zero-order valence-electron chi connectivity index (χ0n) is 13.3. The number of phenols is 1. The number of aromatic nitrogens is 3. The van der Waals surface area contributed by atoms with Gasteiger partial charge in [-0.15, -0.1) is 0 Å². The summed E-state index contributed by atoms with van der Waals surface area (Å²) >= 11 is 6.18. The lowest BCUT2D eigenvalue weighted by molar-refractivity contribution is 0.433. The van der Waals surface area contributed by atoms with Crippen LogP contribution in [-0.2, 0) is 0 Å². The van der Waals surface area contributed by atoms with Crippen molar-refractivity contribution < 1.29 is 9.50 Å². The fraction of sp³-hybridized carbons (Fsp3) is 0. The molecule has 4 rings (SSSR count). The standard InChI is InChI=1S/C19H12ClFN4O/c20-14-8-15(21)17(26)7-12(14)18-11(2-1-5-23-18)10-3-4-16-13(6-10)19(22)25-9-24-16/h1-9,26H,(H2,22,24,25). The molecule has 0 aliphatic rings. The van der Waals surface area contributed by atoms with E-state index in [0.717, 1.165) is 22.7 Å². The number of nitrogens with zero attached hydrogens (tertiary/aromatic N) is 3. The van der Waals surface area contributed by atoms with Gasteiger partial charge in [-0.1, -0.05) is 23.7 Å². The molecular weight excluding hydrogens is 355 g/mol. The third kappa shape index (κ3) is 2.70. The van der Waals surface area contributed by atoms with Crippen LogP contribution in [0.4, 0.5) is 10.2 Å². The van der Waals surface area contributed by atoms with E-state index in [9.17, 15) is 9.50 Å². The first-order chi connectivity index (χ1) is 12.5. The van der Waals surface area contributed by atoms with Crippen LogP contribution in [0.5, 0.6) is 5.75 Å². The number of nitrogen functional groups attached to an aromatic ring is 1. The number of phenolic OH excluding ortho intramolecular Hbond substituents is 1. The molecule has 0 aliphatic carbocycles. The van der Waals surface area contributed by atoms with E-state index in [1.54, 1.807) is 12.3 Å². The summed E-state index contributed by atoms with van der Waals surface area (Å²) in [6, 6.07) is 11.6. The van der Waals surface area contributed by atoms with Crippen molar-refractivity contribution in [1.82, 2.24) is 15.0 Å². The summed E-state index contributed by atoms with van der Waals surface area (Å²) in [5.41, 5.74) is 9.20.